The zero-order valence-electron chi connectivity index (χ0n) is 15.6. The Balaban J connectivity index is 1.77. The van der Waals surface area contributed by atoms with Crippen molar-refractivity contribution in [2.75, 3.05) is 7.11 Å². The molecular formula is C21H19N3O3S. The molecule has 0 fully saturated rings. The molecule has 3 aromatic rings. The van der Waals surface area contributed by atoms with E-state index in [0.29, 0.717) is 29.0 Å². The van der Waals surface area contributed by atoms with E-state index in [0.717, 1.165) is 22.3 Å². The fourth-order valence-electron chi connectivity index (χ4n) is 3.28. The maximum Gasteiger partial charge on any atom is 0.337 e. The molecule has 0 aliphatic heterocycles. The number of nitrogens with one attached hydrogen (secondary N) is 1. The van der Waals surface area contributed by atoms with Crippen LogP contribution in [0.5, 0.6) is 0 Å². The van der Waals surface area contributed by atoms with E-state index < -0.39 is 5.97 Å². The summed E-state index contributed by atoms with van der Waals surface area (Å²) in [7, 11) is 1.34. The lowest BCUT2D eigenvalue weighted by molar-refractivity contribution is -0.135. The molecule has 3 heterocycles. The first-order valence-electron chi connectivity index (χ1n) is 9.00. The van der Waals surface area contributed by atoms with Crippen molar-refractivity contribution >= 4 is 39.7 Å². The van der Waals surface area contributed by atoms with Crippen molar-refractivity contribution in [2.45, 2.75) is 19.8 Å². The highest BCUT2D eigenvalue weighted by Gasteiger charge is 2.22. The maximum atomic E-state index is 12.8. The van der Waals surface area contributed by atoms with Gasteiger partial charge in [0.1, 0.15) is 10.7 Å². The van der Waals surface area contributed by atoms with Crippen molar-refractivity contribution in [2.24, 2.45) is 5.92 Å². The number of allylic oxidation sites excluding steroid dienone is 2. The molecule has 1 N–H and O–H groups in total. The van der Waals surface area contributed by atoms with E-state index in [1.807, 2.05) is 36.7 Å². The molecule has 4 rings (SSSR count). The molecule has 7 heteroatoms. The topological polar surface area (TPSA) is 84.9 Å². The molecule has 0 radical (unpaired) electrons. The summed E-state index contributed by atoms with van der Waals surface area (Å²) in [6, 6.07) is 3.86. The highest BCUT2D eigenvalue weighted by atomic mass is 32.1. The number of rotatable bonds is 3. The van der Waals surface area contributed by atoms with Crippen LogP contribution in [0.25, 0.3) is 27.9 Å². The van der Waals surface area contributed by atoms with Crippen molar-refractivity contribution in [1.82, 2.24) is 15.0 Å². The summed E-state index contributed by atoms with van der Waals surface area (Å²) < 4.78 is 4.87. The molecule has 6 nitrogen and oxygen atoms in total. The molecular weight excluding hydrogens is 374 g/mol. The van der Waals surface area contributed by atoms with Crippen LogP contribution in [0.15, 0.2) is 47.6 Å². The predicted molar refractivity (Wildman–Crippen MR) is 109 cm³/mol. The van der Waals surface area contributed by atoms with Crippen molar-refractivity contribution in [3.63, 3.8) is 0 Å². The first kappa shape index (κ1) is 18.3. The van der Waals surface area contributed by atoms with Gasteiger partial charge in [-0.1, -0.05) is 13.0 Å². The smallest absolute Gasteiger partial charge is 0.337 e. The van der Waals surface area contributed by atoms with E-state index in [1.165, 1.54) is 18.4 Å². The maximum absolute atomic E-state index is 12.8. The lowest BCUT2D eigenvalue weighted by Crippen LogP contribution is -2.12. The molecule has 0 bridgehead atoms. The SMILES string of the molecule is COC(=O)C1=CC(C)CCC(=O)C(c2nc(-c3c[nH]c4ncccc34)cs2)=C1. The first-order chi connectivity index (χ1) is 13.6. The highest BCUT2D eigenvalue weighted by molar-refractivity contribution is 7.11. The zero-order valence-corrected chi connectivity index (χ0v) is 16.4. The van der Waals surface area contributed by atoms with Gasteiger partial charge in [0.25, 0.3) is 0 Å². The number of aromatic amines is 1. The number of Topliss-reactive ketones (excluding diaryl/α,β-unsaturated/α-hetero) is 1. The second-order valence-corrected chi connectivity index (χ2v) is 7.61. The van der Waals surface area contributed by atoms with E-state index in [-0.39, 0.29) is 11.7 Å². The third-order valence-electron chi connectivity index (χ3n) is 4.77. The number of H-pyrrole nitrogens is 1. The summed E-state index contributed by atoms with van der Waals surface area (Å²) in [6.07, 6.45) is 8.18. The fourth-order valence-corrected chi connectivity index (χ4v) is 4.14. The van der Waals surface area contributed by atoms with Crippen molar-refractivity contribution in [3.05, 3.63) is 52.6 Å². The van der Waals surface area contributed by atoms with Crippen LogP contribution in [-0.4, -0.2) is 33.8 Å². The molecule has 142 valence electrons. The number of methoxy groups -OCH3 is 1. The summed E-state index contributed by atoms with van der Waals surface area (Å²) in [5, 5.41) is 3.49. The molecule has 28 heavy (non-hydrogen) atoms. The minimum atomic E-state index is -0.446. The number of nitrogens with zero attached hydrogens (tertiary/aromatic N) is 2. The van der Waals surface area contributed by atoms with Gasteiger partial charge in [0.15, 0.2) is 5.78 Å². The van der Waals surface area contributed by atoms with Gasteiger partial charge in [-0.3, -0.25) is 4.79 Å². The van der Waals surface area contributed by atoms with Crippen LogP contribution in [0.3, 0.4) is 0 Å². The molecule has 1 aliphatic carbocycles. The van der Waals surface area contributed by atoms with Crippen LogP contribution in [-0.2, 0) is 14.3 Å². The fraction of sp³-hybridized carbons (Fsp3) is 0.238. The minimum absolute atomic E-state index is 0.0113. The van der Waals surface area contributed by atoms with Crippen molar-refractivity contribution in [1.29, 1.82) is 0 Å². The Kier molecular flexibility index (Phi) is 4.92. The Hall–Kier alpha value is -3.06. The summed E-state index contributed by atoms with van der Waals surface area (Å²) in [4.78, 5) is 37.0. The van der Waals surface area contributed by atoms with Gasteiger partial charge in [0.2, 0.25) is 0 Å². The summed E-state index contributed by atoms with van der Waals surface area (Å²) in [5.74, 6) is -0.331. The molecule has 1 atom stereocenters. The zero-order chi connectivity index (χ0) is 19.7. The van der Waals surface area contributed by atoms with E-state index >= 15 is 0 Å². The van der Waals surface area contributed by atoms with Gasteiger partial charge in [0, 0.05) is 35.1 Å². The number of fused-ring (bicyclic) bond motifs is 1. The van der Waals surface area contributed by atoms with E-state index in [9.17, 15) is 9.59 Å². The number of thiazole rings is 1. The summed E-state index contributed by atoms with van der Waals surface area (Å²) in [5.41, 5.74) is 3.34. The number of carbonyl (C=O) groups is 2. The van der Waals surface area contributed by atoms with Crippen LogP contribution in [0.4, 0.5) is 0 Å². The van der Waals surface area contributed by atoms with Crippen LogP contribution < -0.4 is 0 Å². The Morgan fingerprint density at radius 1 is 1.39 bits per heavy atom. The normalized spacial score (nSPS) is 17.6. The number of hydrogen-bond donors (Lipinski definition) is 1. The largest absolute Gasteiger partial charge is 0.465 e. The van der Waals surface area contributed by atoms with Crippen molar-refractivity contribution < 1.29 is 14.3 Å². The van der Waals surface area contributed by atoms with Crippen LogP contribution in [0, 0.1) is 5.92 Å². The van der Waals surface area contributed by atoms with Gasteiger partial charge in [0.05, 0.1) is 23.9 Å². The highest BCUT2D eigenvalue weighted by Crippen LogP contribution is 2.33. The van der Waals surface area contributed by atoms with Gasteiger partial charge in [-0.2, -0.15) is 0 Å². The third kappa shape index (κ3) is 3.41. The van der Waals surface area contributed by atoms with E-state index in [1.54, 1.807) is 12.3 Å². The van der Waals surface area contributed by atoms with E-state index in [4.69, 9.17) is 9.72 Å². The quantitative estimate of drug-likeness (QED) is 0.675. The number of hydrogen-bond acceptors (Lipinski definition) is 6. The summed E-state index contributed by atoms with van der Waals surface area (Å²) >= 11 is 1.39. The van der Waals surface area contributed by atoms with Gasteiger partial charge >= 0.3 is 5.97 Å². The molecule has 1 aliphatic rings. The molecule has 0 saturated heterocycles. The standard InChI is InChI=1S/C21H19N3O3S/c1-12-5-6-18(25)15(9-13(8-12)21(26)27-2)20-24-17(11-28-20)16-10-23-19-14(16)4-3-7-22-19/h3-4,7-12H,5-6H2,1-2H3,(H,22,23). The molecule has 3 aromatic heterocycles. The Morgan fingerprint density at radius 3 is 3.07 bits per heavy atom. The van der Waals surface area contributed by atoms with Crippen LogP contribution in [0.2, 0.25) is 0 Å². The number of ether oxygens (including phenoxy) is 1. The molecule has 0 saturated carbocycles. The monoisotopic (exact) mass is 393 g/mol. The molecule has 0 aromatic carbocycles. The number of esters is 1. The number of carbonyl (C=O) groups excluding carboxylic acids is 2. The Labute approximate surface area is 166 Å². The molecule has 1 unspecified atom stereocenters. The second kappa shape index (κ2) is 7.52. The van der Waals surface area contributed by atoms with Gasteiger partial charge < -0.3 is 9.72 Å². The third-order valence-corrected chi connectivity index (χ3v) is 5.65. The van der Waals surface area contributed by atoms with Gasteiger partial charge in [-0.25, -0.2) is 14.8 Å². The average molecular weight is 393 g/mol. The molecule has 0 amide bonds. The van der Waals surface area contributed by atoms with Crippen LogP contribution in [0.1, 0.15) is 24.8 Å². The molecule has 0 spiro atoms. The van der Waals surface area contributed by atoms with E-state index in [2.05, 4.69) is 9.97 Å². The van der Waals surface area contributed by atoms with Gasteiger partial charge in [-0.05, 0) is 30.5 Å². The van der Waals surface area contributed by atoms with Crippen molar-refractivity contribution in [3.8, 4) is 11.3 Å². The van der Waals surface area contributed by atoms with Crippen LogP contribution >= 0.6 is 11.3 Å². The lowest BCUT2D eigenvalue weighted by Gasteiger charge is -2.13. The Morgan fingerprint density at radius 2 is 2.25 bits per heavy atom. The second-order valence-electron chi connectivity index (χ2n) is 6.75. The van der Waals surface area contributed by atoms with Gasteiger partial charge in [-0.15, -0.1) is 11.3 Å². The number of aromatic nitrogens is 3. The summed E-state index contributed by atoms with van der Waals surface area (Å²) in [6.45, 7) is 1.99. The lowest BCUT2D eigenvalue weighted by atomic mass is 9.93. The minimum Gasteiger partial charge on any atom is -0.465 e. The Bertz CT molecular complexity index is 1120. The predicted octanol–water partition coefficient (Wildman–Crippen LogP) is 4.17. The number of ketones is 1. The average Bonchev–Trinajstić information content (AvgIpc) is 3.34. The first-order valence-corrected chi connectivity index (χ1v) is 9.88. The number of pyridine rings is 1.